The molecule has 0 aromatic carbocycles. The highest BCUT2D eigenvalue weighted by Gasteiger charge is 2.54. The molecule has 2 heteroatoms. The summed E-state index contributed by atoms with van der Waals surface area (Å²) >= 11 is 0. The summed E-state index contributed by atoms with van der Waals surface area (Å²) in [6.45, 7) is 20.3. The van der Waals surface area contributed by atoms with E-state index >= 15 is 0 Å². The van der Waals surface area contributed by atoms with E-state index < -0.39 is 0 Å². The van der Waals surface area contributed by atoms with Gasteiger partial charge in [0.15, 0.2) is 0 Å². The van der Waals surface area contributed by atoms with Crippen molar-refractivity contribution in [3.8, 4) is 0 Å². The summed E-state index contributed by atoms with van der Waals surface area (Å²) in [5, 5.41) is 0. The Morgan fingerprint density at radius 2 is 1.67 bits per heavy atom. The Balaban J connectivity index is 1.93. The molecule has 0 amide bonds. The van der Waals surface area contributed by atoms with Gasteiger partial charge in [-0.05, 0) is 67.5 Å². The van der Waals surface area contributed by atoms with Gasteiger partial charge < -0.3 is 9.80 Å². The third-order valence-corrected chi connectivity index (χ3v) is 7.37. The van der Waals surface area contributed by atoms with Crippen LogP contribution < -0.4 is 0 Å². The largest absolute Gasteiger partial charge is 0.303 e. The molecule has 3 heterocycles. The predicted octanol–water partition coefficient (Wildman–Crippen LogP) is 3.58. The van der Waals surface area contributed by atoms with Crippen LogP contribution in [-0.2, 0) is 0 Å². The van der Waals surface area contributed by atoms with E-state index in [1.807, 2.05) is 0 Å². The maximum Gasteiger partial charge on any atom is 0.00181 e. The highest BCUT2D eigenvalue weighted by atomic mass is 15.2. The van der Waals surface area contributed by atoms with Crippen LogP contribution in [0.25, 0.3) is 0 Å². The van der Waals surface area contributed by atoms with Gasteiger partial charge in [0.1, 0.15) is 0 Å². The standard InChI is InChI=1S/C19H36N2/c1-6-20-9-8-19(5)10-14(3)18(15(4)11-20)16-12-21(7-2)13-17(16)19/h14-18H,6-13H2,1-5H3. The quantitative estimate of drug-likeness (QED) is 0.767. The van der Waals surface area contributed by atoms with Crippen LogP contribution in [0.3, 0.4) is 0 Å². The third-order valence-electron chi connectivity index (χ3n) is 7.37. The molecule has 21 heavy (non-hydrogen) atoms. The van der Waals surface area contributed by atoms with E-state index in [0.29, 0.717) is 5.41 Å². The lowest BCUT2D eigenvalue weighted by Gasteiger charge is -2.50. The predicted molar refractivity (Wildman–Crippen MR) is 90.4 cm³/mol. The molecule has 3 aliphatic heterocycles. The van der Waals surface area contributed by atoms with Crippen molar-refractivity contribution in [1.82, 2.24) is 9.80 Å². The number of hydrogen-bond donors (Lipinski definition) is 0. The fraction of sp³-hybridized carbons (Fsp3) is 1.00. The Bertz CT molecular complexity index is 369. The highest BCUT2D eigenvalue weighted by Crippen LogP contribution is 2.56. The molecular formula is C19H36N2. The van der Waals surface area contributed by atoms with Crippen LogP contribution in [-0.4, -0.2) is 49.1 Å². The molecule has 4 rings (SSSR count). The Morgan fingerprint density at radius 1 is 0.952 bits per heavy atom. The van der Waals surface area contributed by atoms with Gasteiger partial charge in [0.2, 0.25) is 0 Å². The van der Waals surface area contributed by atoms with E-state index in [-0.39, 0.29) is 0 Å². The van der Waals surface area contributed by atoms with Gasteiger partial charge in [0.05, 0.1) is 0 Å². The lowest BCUT2D eigenvalue weighted by Crippen LogP contribution is -2.46. The van der Waals surface area contributed by atoms with Gasteiger partial charge >= 0.3 is 0 Å². The molecule has 6 atom stereocenters. The molecule has 1 saturated carbocycles. The minimum absolute atomic E-state index is 0.585. The maximum atomic E-state index is 2.74. The SMILES string of the molecule is CCN1CCC2(C)CC(C)C(C(C)C1)C1CN(CC)CC12. The Morgan fingerprint density at radius 3 is 2.33 bits per heavy atom. The Labute approximate surface area is 132 Å². The minimum Gasteiger partial charge on any atom is -0.303 e. The first-order valence-electron chi connectivity index (χ1n) is 9.43. The van der Waals surface area contributed by atoms with Crippen molar-refractivity contribution in [1.29, 1.82) is 0 Å². The fourth-order valence-electron chi connectivity index (χ4n) is 6.34. The Hall–Kier alpha value is -0.0800. The van der Waals surface area contributed by atoms with Crippen LogP contribution in [0.5, 0.6) is 0 Å². The first kappa shape index (κ1) is 15.8. The van der Waals surface area contributed by atoms with Gasteiger partial charge in [-0.3, -0.25) is 0 Å². The summed E-state index contributed by atoms with van der Waals surface area (Å²) in [5.74, 6) is 4.65. The second-order valence-electron chi connectivity index (χ2n) is 8.66. The van der Waals surface area contributed by atoms with Crippen LogP contribution in [0.1, 0.15) is 47.5 Å². The third kappa shape index (κ3) is 2.67. The van der Waals surface area contributed by atoms with Crippen molar-refractivity contribution >= 4 is 0 Å². The summed E-state index contributed by atoms with van der Waals surface area (Å²) in [6, 6.07) is 0. The number of rotatable bonds is 2. The molecule has 0 radical (unpaired) electrons. The second-order valence-corrected chi connectivity index (χ2v) is 8.66. The van der Waals surface area contributed by atoms with E-state index in [1.54, 1.807) is 0 Å². The topological polar surface area (TPSA) is 6.48 Å². The molecule has 0 aromatic heterocycles. The van der Waals surface area contributed by atoms with Gasteiger partial charge in [0.25, 0.3) is 0 Å². The molecule has 0 spiro atoms. The van der Waals surface area contributed by atoms with Gasteiger partial charge in [-0.1, -0.05) is 34.6 Å². The molecule has 0 N–H and O–H groups in total. The normalized spacial score (nSPS) is 48.7. The van der Waals surface area contributed by atoms with E-state index in [2.05, 4.69) is 44.4 Å². The van der Waals surface area contributed by atoms with Crippen LogP contribution in [0.4, 0.5) is 0 Å². The zero-order chi connectivity index (χ0) is 15.2. The molecule has 6 unspecified atom stereocenters. The summed E-state index contributed by atoms with van der Waals surface area (Å²) in [5.41, 5.74) is 0.585. The van der Waals surface area contributed by atoms with E-state index in [0.717, 1.165) is 29.6 Å². The lowest BCUT2D eigenvalue weighted by molar-refractivity contribution is -0.0113. The van der Waals surface area contributed by atoms with Gasteiger partial charge in [-0.2, -0.15) is 0 Å². The highest BCUT2D eigenvalue weighted by molar-refractivity contribution is 5.04. The van der Waals surface area contributed by atoms with Crippen LogP contribution >= 0.6 is 0 Å². The fourth-order valence-corrected chi connectivity index (χ4v) is 6.34. The summed E-state index contributed by atoms with van der Waals surface area (Å²) < 4.78 is 0. The molecule has 0 aromatic rings. The maximum absolute atomic E-state index is 2.74. The number of likely N-dealkylation sites (tertiary alicyclic amines) is 1. The first-order valence-corrected chi connectivity index (χ1v) is 9.43. The molecule has 4 aliphatic rings. The van der Waals surface area contributed by atoms with Crippen molar-refractivity contribution in [3.05, 3.63) is 0 Å². The van der Waals surface area contributed by atoms with Crippen molar-refractivity contribution in [2.75, 3.05) is 39.3 Å². The average molecular weight is 293 g/mol. The van der Waals surface area contributed by atoms with Crippen LogP contribution in [0.15, 0.2) is 0 Å². The lowest BCUT2D eigenvalue weighted by atomic mass is 9.54. The van der Waals surface area contributed by atoms with Gasteiger partial charge in [-0.25, -0.2) is 0 Å². The summed E-state index contributed by atoms with van der Waals surface area (Å²) in [6.07, 6.45) is 2.89. The molecule has 3 saturated heterocycles. The van der Waals surface area contributed by atoms with Crippen LogP contribution in [0.2, 0.25) is 0 Å². The molecule has 2 bridgehead atoms. The van der Waals surface area contributed by atoms with Crippen molar-refractivity contribution in [2.45, 2.75) is 47.5 Å². The zero-order valence-electron chi connectivity index (χ0n) is 14.9. The molecule has 2 nitrogen and oxygen atoms in total. The van der Waals surface area contributed by atoms with E-state index in [9.17, 15) is 0 Å². The number of nitrogens with zero attached hydrogens (tertiary/aromatic N) is 2. The van der Waals surface area contributed by atoms with Crippen LogP contribution in [0, 0.1) is 35.0 Å². The van der Waals surface area contributed by atoms with Crippen molar-refractivity contribution in [3.63, 3.8) is 0 Å². The monoisotopic (exact) mass is 292 g/mol. The average Bonchev–Trinajstić information content (AvgIpc) is 2.89. The first-order chi connectivity index (χ1) is 9.98. The van der Waals surface area contributed by atoms with Gasteiger partial charge in [-0.15, -0.1) is 0 Å². The molecule has 4 fully saturated rings. The van der Waals surface area contributed by atoms with Crippen molar-refractivity contribution in [2.24, 2.45) is 35.0 Å². The van der Waals surface area contributed by atoms with E-state index in [4.69, 9.17) is 0 Å². The van der Waals surface area contributed by atoms with Gasteiger partial charge in [0, 0.05) is 19.6 Å². The summed E-state index contributed by atoms with van der Waals surface area (Å²) in [4.78, 5) is 5.47. The zero-order valence-corrected chi connectivity index (χ0v) is 14.9. The minimum atomic E-state index is 0.585. The Kier molecular flexibility index (Phi) is 4.40. The van der Waals surface area contributed by atoms with Crippen molar-refractivity contribution < 1.29 is 0 Å². The smallest absolute Gasteiger partial charge is 0.00181 e. The second kappa shape index (κ2) is 5.85. The molecular weight excluding hydrogens is 256 g/mol. The van der Waals surface area contributed by atoms with E-state index in [1.165, 1.54) is 52.1 Å². The molecule has 1 aliphatic carbocycles. The summed E-state index contributed by atoms with van der Waals surface area (Å²) in [7, 11) is 0. The number of fused-ring (bicyclic) bond motifs is 5. The molecule has 122 valence electrons. The number of hydrogen-bond acceptors (Lipinski definition) is 2.